The third-order valence-corrected chi connectivity index (χ3v) is 3.27. The standard InChI is InChI=1S/C13H14N4O2/c18-13(19)10-2-1-3-11(16-10)15-9-4-6-17-7-5-14-12(17)8-9/h1-3,5,7,9H,4,6,8H2,(H,15,16)(H,18,19). The van der Waals surface area contributed by atoms with E-state index in [1.807, 2.05) is 6.20 Å². The maximum absolute atomic E-state index is 10.9. The molecule has 3 heterocycles. The van der Waals surface area contributed by atoms with E-state index in [1.165, 1.54) is 6.07 Å². The Bertz CT molecular complexity index is 608. The maximum atomic E-state index is 10.9. The van der Waals surface area contributed by atoms with E-state index in [1.54, 1.807) is 18.3 Å². The van der Waals surface area contributed by atoms with Crippen molar-refractivity contribution in [2.75, 3.05) is 5.32 Å². The number of carboxylic acid groups (broad SMARTS) is 1. The van der Waals surface area contributed by atoms with Crippen molar-refractivity contribution < 1.29 is 9.90 Å². The van der Waals surface area contributed by atoms with Crippen LogP contribution in [0.2, 0.25) is 0 Å². The summed E-state index contributed by atoms with van der Waals surface area (Å²) in [4.78, 5) is 19.2. The molecule has 1 atom stereocenters. The van der Waals surface area contributed by atoms with E-state index in [4.69, 9.17) is 5.11 Å². The highest BCUT2D eigenvalue weighted by atomic mass is 16.4. The van der Waals surface area contributed by atoms with Gasteiger partial charge in [-0.1, -0.05) is 6.07 Å². The first-order valence-corrected chi connectivity index (χ1v) is 6.19. The van der Waals surface area contributed by atoms with Crippen molar-refractivity contribution in [1.29, 1.82) is 0 Å². The zero-order chi connectivity index (χ0) is 13.2. The lowest BCUT2D eigenvalue weighted by molar-refractivity contribution is 0.0690. The van der Waals surface area contributed by atoms with Crippen LogP contribution >= 0.6 is 0 Å². The van der Waals surface area contributed by atoms with Gasteiger partial charge in [-0.25, -0.2) is 14.8 Å². The minimum absolute atomic E-state index is 0.0577. The molecule has 1 unspecified atom stereocenters. The number of anilines is 1. The van der Waals surface area contributed by atoms with Gasteiger partial charge in [0, 0.05) is 31.4 Å². The van der Waals surface area contributed by atoms with Crippen molar-refractivity contribution in [2.45, 2.75) is 25.4 Å². The van der Waals surface area contributed by atoms with Crippen LogP contribution in [0.3, 0.4) is 0 Å². The monoisotopic (exact) mass is 258 g/mol. The van der Waals surface area contributed by atoms with E-state index < -0.39 is 5.97 Å². The van der Waals surface area contributed by atoms with Crippen LogP contribution < -0.4 is 5.32 Å². The summed E-state index contributed by atoms with van der Waals surface area (Å²) in [5, 5.41) is 12.2. The van der Waals surface area contributed by atoms with Crippen molar-refractivity contribution >= 4 is 11.8 Å². The molecule has 0 aromatic carbocycles. The summed E-state index contributed by atoms with van der Waals surface area (Å²) < 4.78 is 2.14. The van der Waals surface area contributed by atoms with Crippen molar-refractivity contribution in [1.82, 2.24) is 14.5 Å². The van der Waals surface area contributed by atoms with E-state index in [2.05, 4.69) is 19.9 Å². The molecule has 19 heavy (non-hydrogen) atoms. The van der Waals surface area contributed by atoms with Gasteiger partial charge >= 0.3 is 5.97 Å². The molecule has 1 aliphatic rings. The van der Waals surface area contributed by atoms with Crippen LogP contribution in [0.1, 0.15) is 22.7 Å². The summed E-state index contributed by atoms with van der Waals surface area (Å²) in [6, 6.07) is 5.21. The number of nitrogens with one attached hydrogen (secondary N) is 1. The van der Waals surface area contributed by atoms with Gasteiger partial charge in [-0.2, -0.15) is 0 Å². The summed E-state index contributed by atoms with van der Waals surface area (Å²) >= 11 is 0. The highest BCUT2D eigenvalue weighted by molar-refractivity contribution is 5.85. The van der Waals surface area contributed by atoms with Gasteiger partial charge in [-0.05, 0) is 18.6 Å². The van der Waals surface area contributed by atoms with Crippen LogP contribution in [-0.4, -0.2) is 31.7 Å². The second kappa shape index (κ2) is 4.72. The third-order valence-electron chi connectivity index (χ3n) is 3.27. The third kappa shape index (κ3) is 2.42. The van der Waals surface area contributed by atoms with Gasteiger partial charge in [0.05, 0.1) is 0 Å². The molecule has 0 radical (unpaired) electrons. The van der Waals surface area contributed by atoms with Crippen molar-refractivity contribution in [3.8, 4) is 0 Å². The van der Waals surface area contributed by atoms with Crippen LogP contribution in [0, 0.1) is 0 Å². The van der Waals surface area contributed by atoms with Crippen LogP contribution in [0.15, 0.2) is 30.6 Å². The number of nitrogens with zero attached hydrogens (tertiary/aromatic N) is 3. The van der Waals surface area contributed by atoms with Gasteiger partial charge in [-0.15, -0.1) is 0 Å². The second-order valence-electron chi connectivity index (χ2n) is 4.58. The normalized spacial score (nSPS) is 17.8. The Kier molecular flexibility index (Phi) is 2.91. The van der Waals surface area contributed by atoms with E-state index >= 15 is 0 Å². The lowest BCUT2D eigenvalue weighted by Crippen LogP contribution is -2.30. The number of fused-ring (bicyclic) bond motifs is 1. The number of carbonyl (C=O) groups is 1. The quantitative estimate of drug-likeness (QED) is 0.870. The second-order valence-corrected chi connectivity index (χ2v) is 4.58. The highest BCUT2D eigenvalue weighted by Crippen LogP contribution is 2.17. The van der Waals surface area contributed by atoms with Gasteiger partial charge in [0.15, 0.2) is 5.69 Å². The minimum Gasteiger partial charge on any atom is -0.477 e. The molecule has 3 rings (SSSR count). The molecule has 1 aliphatic heterocycles. The molecule has 0 aliphatic carbocycles. The van der Waals surface area contributed by atoms with Gasteiger partial charge in [0.25, 0.3) is 0 Å². The van der Waals surface area contributed by atoms with Crippen molar-refractivity contribution in [2.24, 2.45) is 0 Å². The molecule has 6 nitrogen and oxygen atoms in total. The summed E-state index contributed by atoms with van der Waals surface area (Å²) in [7, 11) is 0. The van der Waals surface area contributed by atoms with Crippen LogP contribution in [0.4, 0.5) is 5.82 Å². The first kappa shape index (κ1) is 11.7. The zero-order valence-corrected chi connectivity index (χ0v) is 10.3. The van der Waals surface area contributed by atoms with E-state index in [0.29, 0.717) is 5.82 Å². The average Bonchev–Trinajstić information content (AvgIpc) is 2.86. The van der Waals surface area contributed by atoms with Crippen LogP contribution in [0.5, 0.6) is 0 Å². The minimum atomic E-state index is -1.01. The number of rotatable bonds is 3. The van der Waals surface area contributed by atoms with Gasteiger partial charge in [-0.3, -0.25) is 0 Å². The van der Waals surface area contributed by atoms with Gasteiger partial charge in [0.2, 0.25) is 0 Å². The van der Waals surface area contributed by atoms with E-state index in [-0.39, 0.29) is 11.7 Å². The fourth-order valence-electron chi connectivity index (χ4n) is 2.32. The van der Waals surface area contributed by atoms with Gasteiger partial charge in [0.1, 0.15) is 11.6 Å². The molecule has 6 heteroatoms. The molecular formula is C13H14N4O2. The van der Waals surface area contributed by atoms with E-state index in [0.717, 1.165) is 25.2 Å². The summed E-state index contributed by atoms with van der Waals surface area (Å²) in [5.74, 6) is 0.644. The zero-order valence-electron chi connectivity index (χ0n) is 10.3. The number of imidazole rings is 1. The fraction of sp³-hybridized carbons (Fsp3) is 0.308. The lowest BCUT2D eigenvalue weighted by Gasteiger charge is -2.24. The molecule has 0 amide bonds. The number of aromatic nitrogens is 3. The van der Waals surface area contributed by atoms with Gasteiger partial charge < -0.3 is 15.0 Å². The van der Waals surface area contributed by atoms with E-state index in [9.17, 15) is 4.79 Å². The molecular weight excluding hydrogens is 244 g/mol. The largest absolute Gasteiger partial charge is 0.477 e. The number of hydrogen-bond acceptors (Lipinski definition) is 4. The topological polar surface area (TPSA) is 80.0 Å². The first-order chi connectivity index (χ1) is 9.22. The molecule has 0 saturated carbocycles. The summed E-state index contributed by atoms with van der Waals surface area (Å²) in [6.07, 6.45) is 5.59. The number of pyridine rings is 1. The average molecular weight is 258 g/mol. The summed E-state index contributed by atoms with van der Waals surface area (Å²) in [5.41, 5.74) is 0.0577. The SMILES string of the molecule is O=C(O)c1cccc(NC2CCn3ccnc3C2)n1. The number of aryl methyl sites for hydroxylation is 1. The molecule has 2 aromatic heterocycles. The maximum Gasteiger partial charge on any atom is 0.354 e. The Hall–Kier alpha value is -2.37. The molecule has 2 N–H and O–H groups in total. The number of carboxylic acids is 1. The smallest absolute Gasteiger partial charge is 0.354 e. The Balaban J connectivity index is 1.72. The van der Waals surface area contributed by atoms with Crippen molar-refractivity contribution in [3.63, 3.8) is 0 Å². The number of hydrogen-bond donors (Lipinski definition) is 2. The highest BCUT2D eigenvalue weighted by Gasteiger charge is 2.19. The molecule has 98 valence electrons. The molecule has 0 fully saturated rings. The Labute approximate surface area is 110 Å². The predicted molar refractivity (Wildman–Crippen MR) is 69.2 cm³/mol. The Morgan fingerprint density at radius 2 is 2.37 bits per heavy atom. The molecule has 0 bridgehead atoms. The predicted octanol–water partition coefficient (Wildman–Crippen LogP) is 1.40. The molecule has 0 saturated heterocycles. The fourth-order valence-corrected chi connectivity index (χ4v) is 2.32. The van der Waals surface area contributed by atoms with Crippen molar-refractivity contribution in [3.05, 3.63) is 42.1 Å². The van der Waals surface area contributed by atoms with Crippen LogP contribution in [-0.2, 0) is 13.0 Å². The Morgan fingerprint density at radius 3 is 3.21 bits per heavy atom. The molecule has 0 spiro atoms. The number of aromatic carboxylic acids is 1. The Morgan fingerprint density at radius 1 is 1.47 bits per heavy atom. The first-order valence-electron chi connectivity index (χ1n) is 6.19. The lowest BCUT2D eigenvalue weighted by atomic mass is 10.1. The summed E-state index contributed by atoms with van der Waals surface area (Å²) in [6.45, 7) is 0.922. The molecule has 2 aromatic rings. The van der Waals surface area contributed by atoms with Crippen LogP contribution in [0.25, 0.3) is 0 Å².